The third-order valence-corrected chi connectivity index (χ3v) is 6.31. The van der Waals surface area contributed by atoms with Crippen LogP contribution in [0.5, 0.6) is 0 Å². The summed E-state index contributed by atoms with van der Waals surface area (Å²) in [7, 11) is 0. The summed E-state index contributed by atoms with van der Waals surface area (Å²) in [5.41, 5.74) is 9.35. The molecule has 0 bridgehead atoms. The second kappa shape index (κ2) is 10.1. The lowest BCUT2D eigenvalue weighted by Gasteiger charge is -2.33. The molecular formula is C25H29N5O2S. The number of thiocarbonyl (C=S) groups is 1. The van der Waals surface area contributed by atoms with Crippen LogP contribution in [-0.4, -0.2) is 57.9 Å². The fraction of sp³-hybridized carbons (Fsp3) is 0.360. The van der Waals surface area contributed by atoms with Gasteiger partial charge >= 0.3 is 0 Å². The van der Waals surface area contributed by atoms with E-state index >= 15 is 0 Å². The molecule has 1 saturated heterocycles. The smallest absolute Gasteiger partial charge is 0.256 e. The van der Waals surface area contributed by atoms with Crippen molar-refractivity contribution in [2.24, 2.45) is 5.73 Å². The van der Waals surface area contributed by atoms with Gasteiger partial charge in [-0.3, -0.25) is 14.6 Å². The van der Waals surface area contributed by atoms with E-state index in [0.29, 0.717) is 30.8 Å². The average molecular weight is 464 g/mol. The topological polar surface area (TPSA) is 91.6 Å². The first-order valence-electron chi connectivity index (χ1n) is 11.3. The molecule has 2 amide bonds. The van der Waals surface area contributed by atoms with Crippen LogP contribution in [0.25, 0.3) is 0 Å². The molecule has 3 N–H and O–H groups in total. The minimum atomic E-state index is 0.00364. The summed E-state index contributed by atoms with van der Waals surface area (Å²) < 4.78 is 0. The summed E-state index contributed by atoms with van der Waals surface area (Å²) in [5.74, 6) is 0.209. The van der Waals surface area contributed by atoms with Crippen LogP contribution < -0.4 is 11.1 Å². The number of likely N-dealkylation sites (tertiary alicyclic amines) is 1. The number of pyridine rings is 1. The zero-order chi connectivity index (χ0) is 23.4. The van der Waals surface area contributed by atoms with E-state index in [4.69, 9.17) is 22.9 Å². The van der Waals surface area contributed by atoms with Crippen molar-refractivity contribution in [2.75, 3.05) is 31.5 Å². The lowest BCUT2D eigenvalue weighted by atomic mass is 9.89. The van der Waals surface area contributed by atoms with Crippen molar-refractivity contribution in [1.29, 1.82) is 0 Å². The first kappa shape index (κ1) is 22.9. The van der Waals surface area contributed by atoms with Crippen LogP contribution in [0.2, 0.25) is 0 Å². The van der Waals surface area contributed by atoms with Crippen molar-refractivity contribution in [1.82, 2.24) is 14.8 Å². The quantitative estimate of drug-likeness (QED) is 0.533. The Balaban J connectivity index is 1.44. The fourth-order valence-corrected chi connectivity index (χ4v) is 4.56. The van der Waals surface area contributed by atoms with Gasteiger partial charge < -0.3 is 20.9 Å². The van der Waals surface area contributed by atoms with Gasteiger partial charge in [-0.2, -0.15) is 0 Å². The number of rotatable bonds is 4. The van der Waals surface area contributed by atoms with Crippen LogP contribution in [0.15, 0.2) is 48.6 Å². The van der Waals surface area contributed by atoms with Gasteiger partial charge in [-0.25, -0.2) is 0 Å². The SMILES string of the molecule is Cc1ccc(C(=O)N2CC=CCC2)c(C2CCN(C(=O)c3ccc(NC(N)=S)cc3)CC2)n1. The summed E-state index contributed by atoms with van der Waals surface area (Å²) in [6.45, 7) is 4.60. The number of aryl methyl sites for hydroxylation is 1. The van der Waals surface area contributed by atoms with Crippen LogP contribution in [0.1, 0.15) is 57.3 Å². The number of anilines is 1. The number of nitrogens with zero attached hydrogens (tertiary/aromatic N) is 3. The molecule has 2 aliphatic rings. The van der Waals surface area contributed by atoms with Gasteiger partial charge in [0.25, 0.3) is 11.8 Å². The van der Waals surface area contributed by atoms with Crippen molar-refractivity contribution < 1.29 is 9.59 Å². The summed E-state index contributed by atoms with van der Waals surface area (Å²) in [4.78, 5) is 34.7. The van der Waals surface area contributed by atoms with E-state index < -0.39 is 0 Å². The molecule has 1 aromatic heterocycles. The Morgan fingerprint density at radius 3 is 2.36 bits per heavy atom. The third kappa shape index (κ3) is 5.39. The zero-order valence-corrected chi connectivity index (χ0v) is 19.6. The van der Waals surface area contributed by atoms with Crippen LogP contribution in [0, 0.1) is 6.92 Å². The van der Waals surface area contributed by atoms with Gasteiger partial charge in [0.05, 0.1) is 11.3 Å². The van der Waals surface area contributed by atoms with Gasteiger partial charge in [0, 0.05) is 49.0 Å². The van der Waals surface area contributed by atoms with Crippen LogP contribution >= 0.6 is 12.2 Å². The van der Waals surface area contributed by atoms with Crippen molar-refractivity contribution in [2.45, 2.75) is 32.1 Å². The summed E-state index contributed by atoms with van der Waals surface area (Å²) in [6, 6.07) is 11.0. The molecule has 0 aliphatic carbocycles. The number of hydrogen-bond donors (Lipinski definition) is 2. The number of amides is 2. The molecule has 0 radical (unpaired) electrons. The second-order valence-corrected chi connectivity index (χ2v) is 8.97. The van der Waals surface area contributed by atoms with Crippen LogP contribution in [-0.2, 0) is 0 Å². The van der Waals surface area contributed by atoms with Crippen molar-refractivity contribution >= 4 is 34.8 Å². The molecule has 0 unspecified atom stereocenters. The van der Waals surface area contributed by atoms with Crippen LogP contribution in [0.4, 0.5) is 5.69 Å². The third-order valence-electron chi connectivity index (χ3n) is 6.21. The van der Waals surface area contributed by atoms with E-state index in [1.54, 1.807) is 24.3 Å². The normalized spacial score (nSPS) is 16.5. The molecule has 7 nitrogen and oxygen atoms in total. The zero-order valence-electron chi connectivity index (χ0n) is 18.8. The average Bonchev–Trinajstić information content (AvgIpc) is 2.84. The van der Waals surface area contributed by atoms with E-state index in [0.717, 1.165) is 42.9 Å². The number of piperidine rings is 1. The minimum Gasteiger partial charge on any atom is -0.376 e. The predicted octanol–water partition coefficient (Wildman–Crippen LogP) is 3.47. The Morgan fingerprint density at radius 2 is 1.73 bits per heavy atom. The van der Waals surface area contributed by atoms with Gasteiger partial charge in [-0.05, 0) is 74.8 Å². The molecule has 172 valence electrons. The van der Waals surface area contributed by atoms with E-state index in [2.05, 4.69) is 11.4 Å². The van der Waals surface area contributed by atoms with Gasteiger partial charge in [-0.1, -0.05) is 12.2 Å². The molecule has 4 rings (SSSR count). The Morgan fingerprint density at radius 1 is 1.00 bits per heavy atom. The molecule has 1 fully saturated rings. The number of carbonyl (C=O) groups excluding carboxylic acids is 2. The Bertz CT molecular complexity index is 1070. The maximum Gasteiger partial charge on any atom is 0.256 e. The summed E-state index contributed by atoms with van der Waals surface area (Å²) >= 11 is 4.85. The standard InChI is InChI=1S/C25H29N5O2S/c1-17-5-10-21(24(32)29-13-3-2-4-14-29)22(27-17)18-11-15-30(16-12-18)23(31)19-6-8-20(9-7-19)28-25(26)33/h2-3,5-10,18H,4,11-16H2,1H3,(H3,26,28,33). The molecule has 33 heavy (non-hydrogen) atoms. The van der Waals surface area contributed by atoms with E-state index in [1.807, 2.05) is 34.9 Å². The predicted molar refractivity (Wildman–Crippen MR) is 133 cm³/mol. The van der Waals surface area contributed by atoms with Crippen molar-refractivity contribution in [3.05, 3.63) is 71.1 Å². The highest BCUT2D eigenvalue weighted by Gasteiger charge is 2.29. The molecule has 1 aromatic carbocycles. The van der Waals surface area contributed by atoms with Gasteiger partial charge in [0.15, 0.2) is 5.11 Å². The second-order valence-electron chi connectivity index (χ2n) is 8.53. The molecule has 0 spiro atoms. The van der Waals surface area contributed by atoms with E-state index in [1.165, 1.54) is 0 Å². The maximum absolute atomic E-state index is 13.2. The molecule has 0 atom stereocenters. The Hall–Kier alpha value is -3.26. The first-order valence-corrected chi connectivity index (χ1v) is 11.7. The number of nitrogens with two attached hydrogens (primary N) is 1. The largest absolute Gasteiger partial charge is 0.376 e. The van der Waals surface area contributed by atoms with Gasteiger partial charge in [0.1, 0.15) is 0 Å². The maximum atomic E-state index is 13.2. The lowest BCUT2D eigenvalue weighted by molar-refractivity contribution is 0.0705. The lowest BCUT2D eigenvalue weighted by Crippen LogP contribution is -2.39. The number of hydrogen-bond acceptors (Lipinski definition) is 4. The summed E-state index contributed by atoms with van der Waals surface area (Å²) in [5, 5.41) is 3.05. The molecule has 0 saturated carbocycles. The molecule has 2 aliphatic heterocycles. The molecule has 3 heterocycles. The number of aromatic nitrogens is 1. The molecule has 8 heteroatoms. The van der Waals surface area contributed by atoms with Crippen molar-refractivity contribution in [3.8, 4) is 0 Å². The number of carbonyl (C=O) groups is 2. The Labute approximate surface area is 199 Å². The monoisotopic (exact) mass is 463 g/mol. The molecular weight excluding hydrogens is 434 g/mol. The van der Waals surface area contributed by atoms with E-state index in [9.17, 15) is 9.59 Å². The summed E-state index contributed by atoms with van der Waals surface area (Å²) in [6.07, 6.45) is 6.60. The number of nitrogens with one attached hydrogen (secondary N) is 1. The van der Waals surface area contributed by atoms with Gasteiger partial charge in [-0.15, -0.1) is 0 Å². The number of benzene rings is 1. The van der Waals surface area contributed by atoms with Crippen molar-refractivity contribution in [3.63, 3.8) is 0 Å². The van der Waals surface area contributed by atoms with Crippen LogP contribution in [0.3, 0.4) is 0 Å². The highest BCUT2D eigenvalue weighted by Crippen LogP contribution is 2.31. The molecule has 2 aromatic rings. The minimum absolute atomic E-state index is 0.00364. The fourth-order valence-electron chi connectivity index (χ4n) is 4.44. The van der Waals surface area contributed by atoms with E-state index in [-0.39, 0.29) is 22.8 Å². The highest BCUT2D eigenvalue weighted by molar-refractivity contribution is 7.80. The highest BCUT2D eigenvalue weighted by atomic mass is 32.1. The van der Waals surface area contributed by atoms with Gasteiger partial charge in [0.2, 0.25) is 0 Å². The first-order chi connectivity index (χ1) is 15.9. The Kier molecular flexibility index (Phi) is 7.03.